The molecule has 6 heteroatoms. The zero-order valence-corrected chi connectivity index (χ0v) is 9.24. The zero-order valence-electron chi connectivity index (χ0n) is 9.24. The molecule has 0 saturated heterocycles. The Bertz CT molecular complexity index is 218. The lowest BCUT2D eigenvalue weighted by molar-refractivity contribution is -0.140. The van der Waals surface area contributed by atoms with Gasteiger partial charge in [0, 0.05) is 6.54 Å². The van der Waals surface area contributed by atoms with Crippen molar-refractivity contribution in [2.75, 3.05) is 20.7 Å². The van der Waals surface area contributed by atoms with Crippen molar-refractivity contribution in [3.63, 3.8) is 0 Å². The third kappa shape index (κ3) is 5.34. The van der Waals surface area contributed by atoms with Crippen LogP contribution in [-0.4, -0.2) is 49.8 Å². The van der Waals surface area contributed by atoms with Crippen molar-refractivity contribution >= 4 is 11.9 Å². The van der Waals surface area contributed by atoms with Gasteiger partial charge >= 0.3 is 5.97 Å². The smallest absolute Gasteiger partial charge is 0.307 e. The van der Waals surface area contributed by atoms with Crippen molar-refractivity contribution in [3.05, 3.63) is 0 Å². The Balaban J connectivity index is 3.86. The van der Waals surface area contributed by atoms with Gasteiger partial charge in [-0.25, -0.2) is 0 Å². The Morgan fingerprint density at radius 1 is 1.47 bits per heavy atom. The van der Waals surface area contributed by atoms with Crippen LogP contribution in [0.25, 0.3) is 0 Å². The second-order valence-electron chi connectivity index (χ2n) is 3.12. The number of carbonyl (C=O) groups excluding carboxylic acids is 2. The summed E-state index contributed by atoms with van der Waals surface area (Å²) in [5.41, 5.74) is 0. The van der Waals surface area contributed by atoms with Gasteiger partial charge in [0.25, 0.3) is 0 Å². The lowest BCUT2D eigenvalue weighted by atomic mass is 10.1. The number of hydrogen-bond donors (Lipinski definition) is 3. The minimum Gasteiger partial charge on any atom is -0.469 e. The summed E-state index contributed by atoms with van der Waals surface area (Å²) in [5.74, 6) is -0.718. The van der Waals surface area contributed by atoms with E-state index >= 15 is 0 Å². The van der Waals surface area contributed by atoms with E-state index in [1.165, 1.54) is 14.0 Å². The molecule has 15 heavy (non-hydrogen) atoms. The lowest BCUT2D eigenvalue weighted by Gasteiger charge is -2.18. The fourth-order valence-electron chi connectivity index (χ4n) is 1.09. The maximum atomic E-state index is 11.4. The summed E-state index contributed by atoms with van der Waals surface area (Å²) < 4.78 is 4.41. The average Bonchev–Trinajstić information content (AvgIpc) is 2.17. The number of esters is 1. The van der Waals surface area contributed by atoms with Crippen LogP contribution < -0.4 is 10.6 Å². The maximum Gasteiger partial charge on any atom is 0.307 e. The molecular weight excluding hydrogens is 200 g/mol. The number of rotatable bonds is 6. The number of ether oxygens (including phenoxy) is 1. The first kappa shape index (κ1) is 13.9. The highest BCUT2D eigenvalue weighted by molar-refractivity contribution is 5.82. The van der Waals surface area contributed by atoms with Gasteiger partial charge < -0.3 is 20.5 Å². The van der Waals surface area contributed by atoms with Crippen LogP contribution in [0.3, 0.4) is 0 Å². The van der Waals surface area contributed by atoms with Crippen LogP contribution in [0.1, 0.15) is 13.3 Å². The molecule has 0 aromatic rings. The summed E-state index contributed by atoms with van der Waals surface area (Å²) in [6.45, 7) is 1.72. The van der Waals surface area contributed by atoms with Crippen molar-refractivity contribution in [3.8, 4) is 0 Å². The Hall–Kier alpha value is -1.14. The Morgan fingerprint density at radius 3 is 2.47 bits per heavy atom. The third-order valence-corrected chi connectivity index (χ3v) is 1.93. The molecule has 0 aliphatic heterocycles. The number of methoxy groups -OCH3 is 1. The van der Waals surface area contributed by atoms with Crippen molar-refractivity contribution < 1.29 is 19.4 Å². The van der Waals surface area contributed by atoms with Crippen molar-refractivity contribution in [1.82, 2.24) is 10.6 Å². The van der Waals surface area contributed by atoms with Gasteiger partial charge in [0.05, 0.1) is 19.6 Å². The molecule has 0 radical (unpaired) electrons. The standard InChI is InChI=1S/C9H18N2O4/c1-6(12)8(10-2)9(14)11-5-4-7(13)15-3/h6,8,10,12H,4-5H2,1-3H3,(H,11,14)/t6-,8+/m1/s1. The van der Waals surface area contributed by atoms with Gasteiger partial charge in [0.2, 0.25) is 5.91 Å². The van der Waals surface area contributed by atoms with Gasteiger partial charge in [-0.2, -0.15) is 0 Å². The van der Waals surface area contributed by atoms with Gasteiger partial charge in [0.1, 0.15) is 6.04 Å². The molecule has 0 heterocycles. The molecule has 0 unspecified atom stereocenters. The molecule has 0 aliphatic carbocycles. The Labute approximate surface area is 89.0 Å². The quantitative estimate of drug-likeness (QED) is 0.479. The molecule has 0 bridgehead atoms. The Morgan fingerprint density at radius 2 is 2.07 bits per heavy atom. The molecule has 0 rings (SSSR count). The van der Waals surface area contributed by atoms with E-state index in [0.29, 0.717) is 0 Å². The first-order chi connectivity index (χ1) is 7.02. The predicted molar refractivity (Wildman–Crippen MR) is 54.2 cm³/mol. The number of hydrogen-bond acceptors (Lipinski definition) is 5. The summed E-state index contributed by atoms with van der Waals surface area (Å²) >= 11 is 0. The topological polar surface area (TPSA) is 87.7 Å². The highest BCUT2D eigenvalue weighted by Gasteiger charge is 2.20. The summed E-state index contributed by atoms with van der Waals surface area (Å²) in [7, 11) is 2.87. The zero-order chi connectivity index (χ0) is 11.8. The van der Waals surface area contributed by atoms with Gasteiger partial charge in [-0.3, -0.25) is 9.59 Å². The number of aliphatic hydroxyl groups excluding tert-OH is 1. The van der Waals surface area contributed by atoms with Gasteiger partial charge in [-0.05, 0) is 14.0 Å². The SMILES string of the molecule is CN[C@H](C(=O)NCCC(=O)OC)[C@@H](C)O. The highest BCUT2D eigenvalue weighted by atomic mass is 16.5. The molecular formula is C9H18N2O4. The van der Waals surface area contributed by atoms with E-state index in [0.717, 1.165) is 0 Å². The second-order valence-corrected chi connectivity index (χ2v) is 3.12. The van der Waals surface area contributed by atoms with Crippen LogP contribution in [0.5, 0.6) is 0 Å². The molecule has 0 aliphatic rings. The monoisotopic (exact) mass is 218 g/mol. The van der Waals surface area contributed by atoms with E-state index in [2.05, 4.69) is 15.4 Å². The maximum absolute atomic E-state index is 11.4. The molecule has 0 saturated carbocycles. The van der Waals surface area contributed by atoms with Crippen molar-refractivity contribution in [2.24, 2.45) is 0 Å². The molecule has 0 fully saturated rings. The van der Waals surface area contributed by atoms with Crippen molar-refractivity contribution in [1.29, 1.82) is 0 Å². The largest absolute Gasteiger partial charge is 0.469 e. The summed E-state index contributed by atoms with van der Waals surface area (Å²) in [6, 6.07) is -0.664. The molecule has 0 aromatic heterocycles. The van der Waals surface area contributed by atoms with Crippen LogP contribution in [0.2, 0.25) is 0 Å². The van der Waals surface area contributed by atoms with Gasteiger partial charge in [-0.15, -0.1) is 0 Å². The number of carbonyl (C=O) groups is 2. The molecule has 0 spiro atoms. The Kier molecular flexibility index (Phi) is 6.64. The van der Waals surface area contributed by atoms with E-state index in [4.69, 9.17) is 0 Å². The normalized spacial score (nSPS) is 14.1. The van der Waals surface area contributed by atoms with E-state index in [9.17, 15) is 14.7 Å². The minimum atomic E-state index is -0.784. The molecule has 88 valence electrons. The number of likely N-dealkylation sites (N-methyl/N-ethyl adjacent to an activating group) is 1. The van der Waals surface area contributed by atoms with Crippen LogP contribution >= 0.6 is 0 Å². The lowest BCUT2D eigenvalue weighted by Crippen LogP contribution is -2.49. The van der Waals surface area contributed by atoms with E-state index in [1.54, 1.807) is 7.05 Å². The summed E-state index contributed by atoms with van der Waals surface area (Å²) in [5, 5.41) is 14.4. The fourth-order valence-corrected chi connectivity index (χ4v) is 1.09. The van der Waals surface area contributed by atoms with Gasteiger partial charge in [-0.1, -0.05) is 0 Å². The second kappa shape index (κ2) is 7.19. The summed E-state index contributed by atoms with van der Waals surface area (Å²) in [6.07, 6.45) is -0.661. The molecule has 0 aromatic carbocycles. The first-order valence-electron chi connectivity index (χ1n) is 4.72. The van der Waals surface area contributed by atoms with E-state index in [-0.39, 0.29) is 24.8 Å². The van der Waals surface area contributed by atoms with Gasteiger partial charge in [0.15, 0.2) is 0 Å². The van der Waals surface area contributed by atoms with Crippen LogP contribution in [0.4, 0.5) is 0 Å². The third-order valence-electron chi connectivity index (χ3n) is 1.93. The fraction of sp³-hybridized carbons (Fsp3) is 0.778. The number of amides is 1. The highest BCUT2D eigenvalue weighted by Crippen LogP contribution is 1.92. The van der Waals surface area contributed by atoms with Crippen LogP contribution in [-0.2, 0) is 14.3 Å². The molecule has 6 nitrogen and oxygen atoms in total. The first-order valence-corrected chi connectivity index (χ1v) is 4.72. The minimum absolute atomic E-state index is 0.123. The molecule has 3 N–H and O–H groups in total. The number of nitrogens with one attached hydrogen (secondary N) is 2. The molecule has 2 atom stereocenters. The van der Waals surface area contributed by atoms with Crippen LogP contribution in [0.15, 0.2) is 0 Å². The average molecular weight is 218 g/mol. The van der Waals surface area contributed by atoms with E-state index < -0.39 is 12.1 Å². The summed E-state index contributed by atoms with van der Waals surface area (Å²) in [4.78, 5) is 22.1. The predicted octanol–water partition coefficient (Wildman–Crippen LogP) is -1.37. The van der Waals surface area contributed by atoms with Crippen LogP contribution in [0, 0.1) is 0 Å². The number of aliphatic hydroxyl groups is 1. The van der Waals surface area contributed by atoms with Crippen molar-refractivity contribution in [2.45, 2.75) is 25.5 Å². The molecule has 1 amide bonds. The van der Waals surface area contributed by atoms with E-state index in [1.807, 2.05) is 0 Å².